The van der Waals surface area contributed by atoms with Crippen molar-refractivity contribution < 1.29 is 0 Å². The average molecular weight is 261 g/mol. The third kappa shape index (κ3) is 1.88. The maximum Gasteiger partial charge on any atom is 0.0598 e. The number of hydrogen-bond donors (Lipinski definition) is 0. The molecule has 2 aromatic rings. The van der Waals surface area contributed by atoms with Gasteiger partial charge in [-0.05, 0) is 40.8 Å². The van der Waals surface area contributed by atoms with Crippen LogP contribution in [0.5, 0.6) is 0 Å². The van der Waals surface area contributed by atoms with Gasteiger partial charge in [-0.2, -0.15) is 0 Å². The highest BCUT2D eigenvalue weighted by atomic mass is 35.5. The van der Waals surface area contributed by atoms with Crippen LogP contribution in [0.1, 0.15) is 16.7 Å². The minimum absolute atomic E-state index is 0.620. The van der Waals surface area contributed by atoms with Gasteiger partial charge in [-0.25, -0.2) is 0 Å². The Morgan fingerprint density at radius 2 is 1.59 bits per heavy atom. The molecule has 0 unspecified atom stereocenters. The fourth-order valence-electron chi connectivity index (χ4n) is 2.22. The van der Waals surface area contributed by atoms with Crippen LogP contribution in [0.4, 0.5) is 0 Å². The summed E-state index contributed by atoms with van der Waals surface area (Å²) in [7, 11) is 0. The molecule has 0 saturated carbocycles. The molecule has 0 nitrogen and oxygen atoms in total. The van der Waals surface area contributed by atoms with E-state index in [1.165, 1.54) is 22.3 Å². The van der Waals surface area contributed by atoms with E-state index in [9.17, 15) is 0 Å². The molecule has 0 aliphatic heterocycles. The number of allylic oxidation sites excluding steroid dienone is 1. The molecule has 17 heavy (non-hydrogen) atoms. The van der Waals surface area contributed by atoms with Crippen LogP contribution in [0.25, 0.3) is 5.57 Å². The molecule has 3 rings (SSSR count). The number of rotatable bonds is 1. The van der Waals surface area contributed by atoms with E-state index in [-0.39, 0.29) is 0 Å². The van der Waals surface area contributed by atoms with Crippen LogP contribution in [0.15, 0.2) is 48.5 Å². The minimum atomic E-state index is 0.620. The largest absolute Gasteiger partial charge is 0.0827 e. The van der Waals surface area contributed by atoms with Gasteiger partial charge in [0.2, 0.25) is 0 Å². The van der Waals surface area contributed by atoms with Crippen molar-refractivity contribution in [2.75, 3.05) is 0 Å². The molecule has 2 aromatic carbocycles. The lowest BCUT2D eigenvalue weighted by atomic mass is 9.99. The maximum atomic E-state index is 6.09. The van der Waals surface area contributed by atoms with Gasteiger partial charge >= 0.3 is 0 Å². The molecule has 1 aliphatic carbocycles. The Labute approximate surface area is 110 Å². The molecule has 0 fully saturated rings. The van der Waals surface area contributed by atoms with E-state index in [1.54, 1.807) is 0 Å². The zero-order valence-electron chi connectivity index (χ0n) is 9.08. The highest BCUT2D eigenvalue weighted by Gasteiger charge is 2.17. The fraction of sp³-hybridized carbons (Fsp3) is 0.0667. The Balaban J connectivity index is 2.12. The van der Waals surface area contributed by atoms with Crippen LogP contribution in [0, 0.1) is 0 Å². The predicted octanol–water partition coefficient (Wildman–Crippen LogP) is 4.98. The highest BCUT2D eigenvalue weighted by Crippen LogP contribution is 2.37. The van der Waals surface area contributed by atoms with Gasteiger partial charge in [0, 0.05) is 0 Å². The summed E-state index contributed by atoms with van der Waals surface area (Å²) in [6, 6.07) is 14.3. The van der Waals surface area contributed by atoms with Gasteiger partial charge in [0.15, 0.2) is 0 Å². The van der Waals surface area contributed by atoms with Crippen LogP contribution in [0.3, 0.4) is 0 Å². The van der Waals surface area contributed by atoms with E-state index in [4.69, 9.17) is 23.2 Å². The van der Waals surface area contributed by atoms with Crippen molar-refractivity contribution in [1.29, 1.82) is 0 Å². The molecule has 84 valence electrons. The lowest BCUT2D eigenvalue weighted by Gasteiger charge is -2.07. The van der Waals surface area contributed by atoms with Gasteiger partial charge in [-0.1, -0.05) is 59.6 Å². The first-order valence-corrected chi connectivity index (χ1v) is 6.25. The number of halogens is 2. The van der Waals surface area contributed by atoms with Crippen molar-refractivity contribution in [3.8, 4) is 0 Å². The molecule has 1 aliphatic rings. The van der Waals surface area contributed by atoms with Gasteiger partial charge in [-0.15, -0.1) is 0 Å². The Kier molecular flexibility index (Phi) is 2.70. The summed E-state index contributed by atoms with van der Waals surface area (Å²) < 4.78 is 0. The number of hydrogen-bond acceptors (Lipinski definition) is 0. The maximum absolute atomic E-state index is 6.09. The van der Waals surface area contributed by atoms with Gasteiger partial charge < -0.3 is 0 Å². The van der Waals surface area contributed by atoms with Crippen LogP contribution in [0.2, 0.25) is 10.0 Å². The standard InChI is InChI=1S/C15H10Cl2/c16-14-8-11-6-7-12(13(11)9-15(14)17)10-4-2-1-3-5-10/h1-5,7-9H,6H2. The summed E-state index contributed by atoms with van der Waals surface area (Å²) in [5, 5.41) is 1.25. The molecule has 0 N–H and O–H groups in total. The lowest BCUT2D eigenvalue weighted by Crippen LogP contribution is -1.87. The first kappa shape index (κ1) is 10.9. The second kappa shape index (κ2) is 4.21. The Hall–Kier alpha value is -1.24. The van der Waals surface area contributed by atoms with Crippen LogP contribution in [-0.4, -0.2) is 0 Å². The molecule has 0 aromatic heterocycles. The summed E-state index contributed by atoms with van der Waals surface area (Å²) in [6.07, 6.45) is 3.16. The predicted molar refractivity (Wildman–Crippen MR) is 73.7 cm³/mol. The van der Waals surface area contributed by atoms with Gasteiger partial charge in [-0.3, -0.25) is 0 Å². The van der Waals surface area contributed by atoms with Gasteiger partial charge in [0.05, 0.1) is 10.0 Å². The number of fused-ring (bicyclic) bond motifs is 1. The molecule has 0 spiro atoms. The first-order chi connectivity index (χ1) is 8.25. The Morgan fingerprint density at radius 3 is 2.35 bits per heavy atom. The van der Waals surface area contributed by atoms with Gasteiger partial charge in [0.1, 0.15) is 0 Å². The monoisotopic (exact) mass is 260 g/mol. The van der Waals surface area contributed by atoms with Gasteiger partial charge in [0.25, 0.3) is 0 Å². The smallest absolute Gasteiger partial charge is 0.0598 e. The third-order valence-corrected chi connectivity index (χ3v) is 3.77. The minimum Gasteiger partial charge on any atom is -0.0827 e. The molecule has 0 saturated heterocycles. The molecule has 0 atom stereocenters. The zero-order chi connectivity index (χ0) is 11.8. The summed E-state index contributed by atoms with van der Waals surface area (Å²) in [5.74, 6) is 0. The molecule has 0 radical (unpaired) electrons. The van der Waals surface area contributed by atoms with E-state index < -0.39 is 0 Å². The lowest BCUT2D eigenvalue weighted by molar-refractivity contribution is 1.31. The third-order valence-electron chi connectivity index (χ3n) is 3.05. The van der Waals surface area contributed by atoms with Crippen molar-refractivity contribution >= 4 is 28.8 Å². The topological polar surface area (TPSA) is 0 Å². The van der Waals surface area contributed by atoms with Crippen LogP contribution in [-0.2, 0) is 6.42 Å². The SMILES string of the molecule is Clc1cc2c(cc1Cl)C(c1ccccc1)=CC2. The Morgan fingerprint density at radius 1 is 0.882 bits per heavy atom. The van der Waals surface area contributed by atoms with Crippen molar-refractivity contribution in [2.24, 2.45) is 0 Å². The molecule has 0 bridgehead atoms. The Bertz CT molecular complexity index is 598. The first-order valence-electron chi connectivity index (χ1n) is 5.49. The average Bonchev–Trinajstić information content (AvgIpc) is 2.74. The molecular formula is C15H10Cl2. The van der Waals surface area contributed by atoms with E-state index in [2.05, 4.69) is 18.2 Å². The summed E-state index contributed by atoms with van der Waals surface area (Å²) in [5.41, 5.74) is 4.92. The van der Waals surface area contributed by atoms with Crippen molar-refractivity contribution in [3.05, 3.63) is 75.3 Å². The van der Waals surface area contributed by atoms with Crippen LogP contribution >= 0.6 is 23.2 Å². The van der Waals surface area contributed by atoms with E-state index in [1.807, 2.05) is 30.3 Å². The van der Waals surface area contributed by atoms with E-state index >= 15 is 0 Å². The molecular weight excluding hydrogens is 251 g/mol. The quantitative estimate of drug-likeness (QED) is 0.679. The summed E-state index contributed by atoms with van der Waals surface area (Å²) in [4.78, 5) is 0. The summed E-state index contributed by atoms with van der Waals surface area (Å²) in [6.45, 7) is 0. The number of benzene rings is 2. The molecule has 0 amide bonds. The van der Waals surface area contributed by atoms with E-state index in [0.717, 1.165) is 6.42 Å². The second-order valence-electron chi connectivity index (χ2n) is 4.11. The molecule has 0 heterocycles. The highest BCUT2D eigenvalue weighted by molar-refractivity contribution is 6.42. The fourth-order valence-corrected chi connectivity index (χ4v) is 2.57. The van der Waals surface area contributed by atoms with E-state index in [0.29, 0.717) is 10.0 Å². The summed E-state index contributed by atoms with van der Waals surface area (Å²) >= 11 is 12.1. The zero-order valence-corrected chi connectivity index (χ0v) is 10.6. The van der Waals surface area contributed by atoms with Crippen molar-refractivity contribution in [1.82, 2.24) is 0 Å². The molecule has 2 heteroatoms. The second-order valence-corrected chi connectivity index (χ2v) is 4.93. The van der Waals surface area contributed by atoms with Crippen LogP contribution < -0.4 is 0 Å². The normalized spacial score (nSPS) is 13.4. The van der Waals surface area contributed by atoms with Crippen molar-refractivity contribution in [2.45, 2.75) is 6.42 Å². The van der Waals surface area contributed by atoms with Crippen molar-refractivity contribution in [3.63, 3.8) is 0 Å².